The summed E-state index contributed by atoms with van der Waals surface area (Å²) in [6.45, 7) is 0. The molecule has 0 aliphatic heterocycles. The van der Waals surface area contributed by atoms with Crippen LogP contribution in [0.1, 0.15) is 5.56 Å². The molecule has 1 aromatic rings. The van der Waals surface area contributed by atoms with Gasteiger partial charge in [0.2, 0.25) is 0 Å². The van der Waals surface area contributed by atoms with Gasteiger partial charge < -0.3 is 5.11 Å². The van der Waals surface area contributed by atoms with E-state index in [0.29, 0.717) is 5.56 Å². The number of benzene rings is 1. The molecule has 14 heavy (non-hydrogen) atoms. The molecule has 0 aliphatic rings. The van der Waals surface area contributed by atoms with Crippen LogP contribution in [0.25, 0.3) is 6.08 Å². The van der Waals surface area contributed by atoms with Crippen molar-refractivity contribution in [1.29, 1.82) is 0 Å². The SMILES string of the molecule is O=C(O)/C=C/c1cccc([N+](=O)[O-])c1. The summed E-state index contributed by atoms with van der Waals surface area (Å²) in [4.78, 5) is 20.0. The van der Waals surface area contributed by atoms with Gasteiger partial charge >= 0.3 is 5.97 Å². The van der Waals surface area contributed by atoms with Crippen molar-refractivity contribution in [3.05, 3.63) is 46.0 Å². The van der Waals surface area contributed by atoms with Crippen LogP contribution in [-0.4, -0.2) is 16.0 Å². The number of nitro groups is 1. The number of carbonyl (C=O) groups is 1. The van der Waals surface area contributed by atoms with Gasteiger partial charge in [0.05, 0.1) is 4.92 Å². The van der Waals surface area contributed by atoms with Gasteiger partial charge in [0.1, 0.15) is 0 Å². The van der Waals surface area contributed by atoms with E-state index in [1.54, 1.807) is 6.07 Å². The first-order valence-electron chi connectivity index (χ1n) is 3.75. The minimum atomic E-state index is -1.09. The van der Waals surface area contributed by atoms with Gasteiger partial charge in [-0.1, -0.05) is 12.1 Å². The predicted octanol–water partition coefficient (Wildman–Crippen LogP) is 1.69. The Morgan fingerprint density at radius 2 is 2.21 bits per heavy atom. The van der Waals surface area contributed by atoms with E-state index < -0.39 is 10.9 Å². The zero-order chi connectivity index (χ0) is 10.6. The van der Waals surface area contributed by atoms with E-state index in [1.165, 1.54) is 24.3 Å². The predicted molar refractivity (Wildman–Crippen MR) is 49.8 cm³/mol. The number of aliphatic carboxylic acids is 1. The molecule has 0 aliphatic carbocycles. The molecule has 72 valence electrons. The summed E-state index contributed by atoms with van der Waals surface area (Å²) in [5.41, 5.74) is 0.430. The van der Waals surface area contributed by atoms with Gasteiger partial charge in [0.15, 0.2) is 0 Å². The van der Waals surface area contributed by atoms with Gasteiger partial charge in [-0.3, -0.25) is 10.1 Å². The molecule has 0 bridgehead atoms. The Morgan fingerprint density at radius 3 is 2.79 bits per heavy atom. The normalized spacial score (nSPS) is 10.3. The van der Waals surface area contributed by atoms with E-state index in [4.69, 9.17) is 5.11 Å². The van der Waals surface area contributed by atoms with Crippen LogP contribution >= 0.6 is 0 Å². The Kier molecular flexibility index (Phi) is 2.96. The number of nitrogens with zero attached hydrogens (tertiary/aromatic N) is 1. The van der Waals surface area contributed by atoms with Crippen LogP contribution in [0.15, 0.2) is 30.3 Å². The maximum absolute atomic E-state index is 10.4. The second-order valence-electron chi connectivity index (χ2n) is 2.52. The van der Waals surface area contributed by atoms with Gasteiger partial charge in [0, 0.05) is 18.2 Å². The van der Waals surface area contributed by atoms with Crippen LogP contribution in [0.5, 0.6) is 0 Å². The lowest BCUT2D eigenvalue weighted by atomic mass is 10.2. The number of nitro benzene ring substituents is 1. The van der Waals surface area contributed by atoms with Crippen molar-refractivity contribution in [1.82, 2.24) is 0 Å². The van der Waals surface area contributed by atoms with E-state index in [0.717, 1.165) is 6.08 Å². The van der Waals surface area contributed by atoms with Crippen LogP contribution in [-0.2, 0) is 4.79 Å². The second-order valence-corrected chi connectivity index (χ2v) is 2.52. The largest absolute Gasteiger partial charge is 0.478 e. The highest BCUT2D eigenvalue weighted by atomic mass is 16.6. The van der Waals surface area contributed by atoms with E-state index in [-0.39, 0.29) is 5.69 Å². The molecule has 1 aromatic carbocycles. The summed E-state index contributed by atoms with van der Waals surface area (Å²) >= 11 is 0. The number of hydrogen-bond acceptors (Lipinski definition) is 3. The van der Waals surface area contributed by atoms with Crippen molar-refractivity contribution >= 4 is 17.7 Å². The van der Waals surface area contributed by atoms with Crippen LogP contribution in [0.2, 0.25) is 0 Å². The minimum absolute atomic E-state index is 0.0578. The molecule has 1 rings (SSSR count). The number of rotatable bonds is 3. The van der Waals surface area contributed by atoms with Crippen molar-refractivity contribution in [2.75, 3.05) is 0 Å². The van der Waals surface area contributed by atoms with Crippen LogP contribution < -0.4 is 0 Å². The van der Waals surface area contributed by atoms with Gasteiger partial charge in [-0.05, 0) is 11.6 Å². The summed E-state index contributed by atoms with van der Waals surface area (Å²) in [5, 5.41) is 18.7. The first-order chi connectivity index (χ1) is 6.59. The highest BCUT2D eigenvalue weighted by molar-refractivity contribution is 5.85. The van der Waals surface area contributed by atoms with Crippen LogP contribution in [0.4, 0.5) is 5.69 Å². The zero-order valence-electron chi connectivity index (χ0n) is 7.08. The van der Waals surface area contributed by atoms with Crippen molar-refractivity contribution in [2.24, 2.45) is 0 Å². The van der Waals surface area contributed by atoms with Crippen molar-refractivity contribution in [3.63, 3.8) is 0 Å². The molecular formula is C9H7NO4. The van der Waals surface area contributed by atoms with Gasteiger partial charge in [-0.15, -0.1) is 0 Å². The number of carboxylic acids is 1. The molecule has 0 heterocycles. The molecule has 0 aromatic heterocycles. The summed E-state index contributed by atoms with van der Waals surface area (Å²) in [6, 6.07) is 5.74. The van der Waals surface area contributed by atoms with E-state index in [1.807, 2.05) is 0 Å². The fourth-order valence-corrected chi connectivity index (χ4v) is 0.910. The maximum Gasteiger partial charge on any atom is 0.328 e. The smallest absolute Gasteiger partial charge is 0.328 e. The first-order valence-corrected chi connectivity index (χ1v) is 3.75. The quantitative estimate of drug-likeness (QED) is 0.450. The van der Waals surface area contributed by atoms with Gasteiger partial charge in [-0.25, -0.2) is 4.79 Å². The Morgan fingerprint density at radius 1 is 1.50 bits per heavy atom. The van der Waals surface area contributed by atoms with Crippen molar-refractivity contribution in [3.8, 4) is 0 Å². The minimum Gasteiger partial charge on any atom is -0.478 e. The molecule has 0 spiro atoms. The summed E-state index contributed by atoms with van der Waals surface area (Å²) in [5.74, 6) is -1.09. The number of non-ortho nitro benzene ring substituents is 1. The molecule has 0 saturated heterocycles. The molecule has 0 fully saturated rings. The highest BCUT2D eigenvalue weighted by Crippen LogP contribution is 2.13. The summed E-state index contributed by atoms with van der Waals surface area (Å²) < 4.78 is 0. The van der Waals surface area contributed by atoms with Crippen molar-refractivity contribution < 1.29 is 14.8 Å². The molecule has 5 nitrogen and oxygen atoms in total. The first kappa shape index (κ1) is 9.91. The second kappa shape index (κ2) is 4.18. The topological polar surface area (TPSA) is 80.4 Å². The van der Waals surface area contributed by atoms with E-state index in [2.05, 4.69) is 0 Å². The average molecular weight is 193 g/mol. The van der Waals surface area contributed by atoms with E-state index >= 15 is 0 Å². The molecular weight excluding hydrogens is 186 g/mol. The third kappa shape index (κ3) is 2.71. The fraction of sp³-hybridized carbons (Fsp3) is 0. The molecule has 0 atom stereocenters. The van der Waals surface area contributed by atoms with Gasteiger partial charge in [0.25, 0.3) is 5.69 Å². The lowest BCUT2D eigenvalue weighted by Crippen LogP contribution is -1.88. The molecule has 0 radical (unpaired) electrons. The van der Waals surface area contributed by atoms with Gasteiger partial charge in [-0.2, -0.15) is 0 Å². The Bertz CT molecular complexity index is 398. The highest BCUT2D eigenvalue weighted by Gasteiger charge is 2.03. The maximum atomic E-state index is 10.4. The van der Waals surface area contributed by atoms with Crippen LogP contribution in [0, 0.1) is 10.1 Å². The molecule has 1 N–H and O–H groups in total. The molecule has 0 amide bonds. The molecule has 0 unspecified atom stereocenters. The number of hydrogen-bond donors (Lipinski definition) is 1. The Labute approximate surface area is 79.4 Å². The van der Waals surface area contributed by atoms with Crippen LogP contribution in [0.3, 0.4) is 0 Å². The lowest BCUT2D eigenvalue weighted by Gasteiger charge is -1.92. The molecule has 0 saturated carbocycles. The Balaban J connectivity index is 2.94. The third-order valence-corrected chi connectivity index (χ3v) is 1.50. The Hall–Kier alpha value is -2.17. The molecule has 5 heteroatoms. The lowest BCUT2D eigenvalue weighted by molar-refractivity contribution is -0.384. The fourth-order valence-electron chi connectivity index (χ4n) is 0.910. The van der Waals surface area contributed by atoms with E-state index in [9.17, 15) is 14.9 Å². The van der Waals surface area contributed by atoms with Crippen molar-refractivity contribution in [2.45, 2.75) is 0 Å². The summed E-state index contributed by atoms with van der Waals surface area (Å²) in [6.07, 6.45) is 2.23. The number of carboxylic acid groups (broad SMARTS) is 1. The zero-order valence-corrected chi connectivity index (χ0v) is 7.08. The summed E-state index contributed by atoms with van der Waals surface area (Å²) in [7, 11) is 0. The average Bonchev–Trinajstić information content (AvgIpc) is 2.15. The third-order valence-electron chi connectivity index (χ3n) is 1.50. The standard InChI is InChI=1S/C9H7NO4/c11-9(12)5-4-7-2-1-3-8(6-7)10(13)14/h1-6H,(H,11,12)/b5-4+. The monoisotopic (exact) mass is 193 g/mol.